The van der Waals surface area contributed by atoms with Crippen LogP contribution < -0.4 is 5.32 Å². The molecule has 2 aliphatic rings. The molecule has 4 nitrogen and oxygen atoms in total. The van der Waals surface area contributed by atoms with Gasteiger partial charge >= 0.3 is 5.97 Å². The van der Waals surface area contributed by atoms with E-state index in [1.54, 1.807) is 0 Å². The molecule has 0 bridgehead atoms. The minimum Gasteiger partial charge on any atom is -0.458 e. The largest absolute Gasteiger partial charge is 0.458 e. The Morgan fingerprint density at radius 3 is 2.67 bits per heavy atom. The second-order valence-electron chi connectivity index (χ2n) is 6.03. The van der Waals surface area contributed by atoms with E-state index < -0.39 is 5.60 Å². The predicted molar refractivity (Wildman–Crippen MR) is 78.6 cm³/mol. The van der Waals surface area contributed by atoms with E-state index in [0.717, 1.165) is 32.1 Å². The number of rotatable bonds is 4. The summed E-state index contributed by atoms with van der Waals surface area (Å²) in [6, 6.07) is 10.1. The third-order valence-corrected chi connectivity index (χ3v) is 4.65. The van der Waals surface area contributed by atoms with E-state index in [4.69, 9.17) is 4.74 Å². The molecular weight excluding hydrogens is 266 g/mol. The van der Waals surface area contributed by atoms with E-state index >= 15 is 0 Å². The summed E-state index contributed by atoms with van der Waals surface area (Å²) in [5.41, 5.74) is 0.695. The summed E-state index contributed by atoms with van der Waals surface area (Å²) in [7, 11) is 0. The Balaban J connectivity index is 1.56. The zero-order valence-corrected chi connectivity index (χ0v) is 12.1. The van der Waals surface area contributed by atoms with Crippen LogP contribution in [0.4, 0.5) is 0 Å². The molecule has 1 saturated carbocycles. The van der Waals surface area contributed by atoms with Crippen LogP contribution in [0, 0.1) is 5.92 Å². The Morgan fingerprint density at radius 2 is 1.95 bits per heavy atom. The Morgan fingerprint density at radius 1 is 1.24 bits per heavy atom. The summed E-state index contributed by atoms with van der Waals surface area (Å²) in [6.07, 6.45) is 4.78. The number of esters is 1. The first kappa shape index (κ1) is 14.1. The van der Waals surface area contributed by atoms with Gasteiger partial charge in [-0.2, -0.15) is 0 Å². The number of carbonyl (C=O) groups is 2. The molecule has 4 heteroatoms. The highest BCUT2D eigenvalue weighted by Crippen LogP contribution is 2.45. The second kappa shape index (κ2) is 5.88. The summed E-state index contributed by atoms with van der Waals surface area (Å²) in [5.74, 6) is -0.554. The van der Waals surface area contributed by atoms with E-state index in [1.165, 1.54) is 5.56 Å². The minimum atomic E-state index is -0.506. The summed E-state index contributed by atoms with van der Waals surface area (Å²) in [6.45, 7) is 0.601. The molecule has 1 amide bonds. The van der Waals surface area contributed by atoms with Crippen LogP contribution in [0.15, 0.2) is 30.3 Å². The number of nitrogens with one attached hydrogen (secondary N) is 1. The Bertz CT molecular complexity index is 520. The molecule has 2 fully saturated rings. The van der Waals surface area contributed by atoms with Gasteiger partial charge < -0.3 is 10.1 Å². The number of ether oxygens (including phenoxy) is 1. The molecular formula is C17H21NO3. The summed E-state index contributed by atoms with van der Waals surface area (Å²) in [5, 5.41) is 2.97. The molecule has 0 radical (unpaired) electrons. The fourth-order valence-corrected chi connectivity index (χ4v) is 3.55. The van der Waals surface area contributed by atoms with Gasteiger partial charge in [0.1, 0.15) is 5.60 Å². The van der Waals surface area contributed by atoms with Gasteiger partial charge in [0.25, 0.3) is 0 Å². The van der Waals surface area contributed by atoms with Crippen molar-refractivity contribution >= 4 is 11.9 Å². The van der Waals surface area contributed by atoms with Gasteiger partial charge in [-0.3, -0.25) is 9.59 Å². The molecule has 1 unspecified atom stereocenters. The van der Waals surface area contributed by atoms with E-state index in [9.17, 15) is 9.59 Å². The first-order valence-electron chi connectivity index (χ1n) is 7.73. The average Bonchev–Trinajstić information content (AvgIpc) is 3.07. The lowest BCUT2D eigenvalue weighted by Crippen LogP contribution is -2.43. The van der Waals surface area contributed by atoms with E-state index in [2.05, 4.69) is 5.32 Å². The fourth-order valence-electron chi connectivity index (χ4n) is 3.55. The van der Waals surface area contributed by atoms with Crippen molar-refractivity contribution < 1.29 is 14.3 Å². The highest BCUT2D eigenvalue weighted by Gasteiger charge is 2.53. The van der Waals surface area contributed by atoms with Gasteiger partial charge in [0, 0.05) is 6.54 Å². The van der Waals surface area contributed by atoms with Gasteiger partial charge in [0.05, 0.1) is 12.3 Å². The molecule has 1 aliphatic heterocycles. The van der Waals surface area contributed by atoms with Crippen molar-refractivity contribution in [2.45, 2.75) is 44.1 Å². The summed E-state index contributed by atoms with van der Waals surface area (Å²) in [4.78, 5) is 24.0. The molecule has 0 aromatic heterocycles. The normalized spacial score (nSPS) is 23.2. The maximum atomic E-state index is 12.4. The lowest BCUT2D eigenvalue weighted by molar-refractivity contribution is -0.149. The topological polar surface area (TPSA) is 55.4 Å². The molecule has 1 spiro atoms. The number of hydrogen-bond donors (Lipinski definition) is 1. The fraction of sp³-hybridized carbons (Fsp3) is 0.529. The third kappa shape index (κ3) is 2.94. The summed E-state index contributed by atoms with van der Waals surface area (Å²) < 4.78 is 5.51. The quantitative estimate of drug-likeness (QED) is 0.864. The van der Waals surface area contributed by atoms with E-state index in [1.807, 2.05) is 30.3 Å². The van der Waals surface area contributed by atoms with Gasteiger partial charge in [-0.25, -0.2) is 0 Å². The Labute approximate surface area is 124 Å². The van der Waals surface area contributed by atoms with Gasteiger partial charge in [0.15, 0.2) is 0 Å². The monoisotopic (exact) mass is 287 g/mol. The molecule has 1 aromatic carbocycles. The molecule has 3 rings (SSSR count). The van der Waals surface area contributed by atoms with Crippen molar-refractivity contribution in [3.63, 3.8) is 0 Å². The van der Waals surface area contributed by atoms with Crippen molar-refractivity contribution in [3.05, 3.63) is 35.9 Å². The van der Waals surface area contributed by atoms with Crippen LogP contribution in [-0.2, 0) is 20.7 Å². The molecule has 1 heterocycles. The number of hydrogen-bond acceptors (Lipinski definition) is 3. The van der Waals surface area contributed by atoms with Gasteiger partial charge in [-0.15, -0.1) is 0 Å². The maximum Gasteiger partial charge on any atom is 0.307 e. The molecule has 1 aliphatic carbocycles. The number of amides is 1. The lowest BCUT2D eigenvalue weighted by Gasteiger charge is -2.27. The highest BCUT2D eigenvalue weighted by atomic mass is 16.6. The van der Waals surface area contributed by atoms with Crippen molar-refractivity contribution in [2.24, 2.45) is 5.92 Å². The molecule has 1 saturated heterocycles. The minimum absolute atomic E-state index is 0.0290. The summed E-state index contributed by atoms with van der Waals surface area (Å²) >= 11 is 0. The molecule has 1 N–H and O–H groups in total. The number of carbonyl (C=O) groups excluding carboxylic acids is 2. The van der Waals surface area contributed by atoms with Crippen molar-refractivity contribution in [1.82, 2.24) is 5.32 Å². The van der Waals surface area contributed by atoms with Crippen LogP contribution in [0.2, 0.25) is 0 Å². The van der Waals surface area contributed by atoms with Gasteiger partial charge in [-0.05, 0) is 37.7 Å². The van der Waals surface area contributed by atoms with Crippen LogP contribution >= 0.6 is 0 Å². The van der Waals surface area contributed by atoms with Crippen molar-refractivity contribution in [2.75, 3.05) is 6.54 Å². The van der Waals surface area contributed by atoms with Gasteiger partial charge in [0.2, 0.25) is 5.91 Å². The SMILES string of the molecule is O=C1CC(C(=O)NCCc2ccccc2)C2(CCCC2)O1. The Kier molecular flexibility index (Phi) is 3.95. The molecule has 1 aromatic rings. The van der Waals surface area contributed by atoms with Gasteiger partial charge in [-0.1, -0.05) is 30.3 Å². The van der Waals surface area contributed by atoms with Crippen LogP contribution in [0.25, 0.3) is 0 Å². The average molecular weight is 287 g/mol. The smallest absolute Gasteiger partial charge is 0.307 e. The van der Waals surface area contributed by atoms with Crippen molar-refractivity contribution in [1.29, 1.82) is 0 Å². The second-order valence-corrected chi connectivity index (χ2v) is 6.03. The first-order valence-corrected chi connectivity index (χ1v) is 7.73. The standard InChI is InChI=1S/C17H21NO3/c19-15-12-14(17(21-15)9-4-5-10-17)16(20)18-11-8-13-6-2-1-3-7-13/h1-3,6-7,14H,4-5,8-12H2,(H,18,20). The van der Waals surface area contributed by atoms with Crippen LogP contribution in [0.3, 0.4) is 0 Å². The number of benzene rings is 1. The molecule has 1 atom stereocenters. The van der Waals surface area contributed by atoms with E-state index in [0.29, 0.717) is 6.54 Å². The first-order chi connectivity index (χ1) is 10.2. The highest BCUT2D eigenvalue weighted by molar-refractivity contribution is 5.87. The van der Waals surface area contributed by atoms with E-state index in [-0.39, 0.29) is 24.2 Å². The molecule has 21 heavy (non-hydrogen) atoms. The maximum absolute atomic E-state index is 12.4. The van der Waals surface area contributed by atoms with Crippen LogP contribution in [0.1, 0.15) is 37.7 Å². The zero-order chi connectivity index (χ0) is 14.7. The predicted octanol–water partition coefficient (Wildman–Crippen LogP) is 2.22. The lowest BCUT2D eigenvalue weighted by atomic mass is 9.85. The van der Waals surface area contributed by atoms with Crippen LogP contribution in [-0.4, -0.2) is 24.0 Å². The molecule has 112 valence electrons. The third-order valence-electron chi connectivity index (χ3n) is 4.65. The van der Waals surface area contributed by atoms with Crippen LogP contribution in [0.5, 0.6) is 0 Å². The Hall–Kier alpha value is -1.84. The van der Waals surface area contributed by atoms with Crippen molar-refractivity contribution in [3.8, 4) is 0 Å². The zero-order valence-electron chi connectivity index (χ0n) is 12.1.